The highest BCUT2D eigenvalue weighted by Crippen LogP contribution is 2.34. The van der Waals surface area contributed by atoms with Crippen LogP contribution in [-0.4, -0.2) is 7.11 Å². The van der Waals surface area contributed by atoms with Crippen LogP contribution in [0, 0.1) is 23.4 Å². The molecule has 0 aromatic heterocycles. The Morgan fingerprint density at radius 1 is 0.939 bits per heavy atom. The SMILES string of the molecule is CCc1ccc(-c2ccc(/C=C/C3CC=C(c4ccc(OC)cc4F)CC3)c(F)c2F)cc1. The average molecular weight is 449 g/mol. The van der Waals surface area contributed by atoms with Gasteiger partial charge in [0.05, 0.1) is 7.11 Å². The Labute approximate surface area is 193 Å². The minimum Gasteiger partial charge on any atom is -0.497 e. The molecular formula is C29H27F3O. The first-order chi connectivity index (χ1) is 16.0. The van der Waals surface area contributed by atoms with Gasteiger partial charge < -0.3 is 4.74 Å². The van der Waals surface area contributed by atoms with Crippen LogP contribution >= 0.6 is 0 Å². The van der Waals surface area contributed by atoms with Gasteiger partial charge in [-0.25, -0.2) is 13.2 Å². The van der Waals surface area contributed by atoms with Crippen LogP contribution in [0.4, 0.5) is 13.2 Å². The van der Waals surface area contributed by atoms with Crippen molar-refractivity contribution in [2.24, 2.45) is 5.92 Å². The fourth-order valence-electron chi connectivity index (χ4n) is 4.23. The lowest BCUT2D eigenvalue weighted by molar-refractivity contribution is 0.411. The third kappa shape index (κ3) is 5.05. The Balaban J connectivity index is 1.47. The van der Waals surface area contributed by atoms with E-state index < -0.39 is 11.6 Å². The summed E-state index contributed by atoms with van der Waals surface area (Å²) >= 11 is 0. The highest BCUT2D eigenvalue weighted by Gasteiger charge is 2.17. The van der Waals surface area contributed by atoms with Crippen molar-refractivity contribution in [3.63, 3.8) is 0 Å². The first-order valence-corrected chi connectivity index (χ1v) is 11.3. The van der Waals surface area contributed by atoms with Gasteiger partial charge >= 0.3 is 0 Å². The zero-order chi connectivity index (χ0) is 23.4. The molecule has 0 N–H and O–H groups in total. The monoisotopic (exact) mass is 448 g/mol. The van der Waals surface area contributed by atoms with Crippen molar-refractivity contribution in [3.8, 4) is 16.9 Å². The van der Waals surface area contributed by atoms with E-state index in [0.29, 0.717) is 16.9 Å². The van der Waals surface area contributed by atoms with E-state index in [1.165, 1.54) is 13.2 Å². The maximum atomic E-state index is 14.8. The van der Waals surface area contributed by atoms with Crippen LogP contribution in [0.5, 0.6) is 5.75 Å². The largest absolute Gasteiger partial charge is 0.497 e. The van der Waals surface area contributed by atoms with Crippen molar-refractivity contribution >= 4 is 11.6 Å². The molecule has 33 heavy (non-hydrogen) atoms. The molecule has 0 heterocycles. The number of halogens is 3. The molecule has 0 radical (unpaired) electrons. The van der Waals surface area contributed by atoms with Crippen LogP contribution < -0.4 is 4.74 Å². The number of hydrogen-bond donors (Lipinski definition) is 0. The van der Waals surface area contributed by atoms with Crippen LogP contribution in [0.3, 0.4) is 0 Å². The van der Waals surface area contributed by atoms with E-state index in [2.05, 4.69) is 6.92 Å². The van der Waals surface area contributed by atoms with E-state index in [1.54, 1.807) is 30.3 Å². The summed E-state index contributed by atoms with van der Waals surface area (Å²) in [5, 5.41) is 0. The molecule has 3 aromatic rings. The first-order valence-electron chi connectivity index (χ1n) is 11.3. The number of aryl methyl sites for hydroxylation is 1. The lowest BCUT2D eigenvalue weighted by atomic mass is 9.86. The highest BCUT2D eigenvalue weighted by molar-refractivity contribution is 5.69. The minimum atomic E-state index is -0.837. The zero-order valence-electron chi connectivity index (χ0n) is 18.9. The van der Waals surface area contributed by atoms with Crippen molar-refractivity contribution in [2.45, 2.75) is 32.6 Å². The fraction of sp³-hybridized carbons (Fsp3) is 0.241. The van der Waals surface area contributed by atoms with Gasteiger partial charge in [0.15, 0.2) is 11.6 Å². The quantitative estimate of drug-likeness (QED) is 0.369. The molecule has 1 aliphatic rings. The van der Waals surface area contributed by atoms with Gasteiger partial charge in [-0.2, -0.15) is 0 Å². The summed E-state index contributed by atoms with van der Waals surface area (Å²) in [7, 11) is 1.51. The minimum absolute atomic E-state index is 0.193. The third-order valence-electron chi connectivity index (χ3n) is 6.31. The van der Waals surface area contributed by atoms with Gasteiger partial charge in [0, 0.05) is 22.8 Å². The molecule has 1 nitrogen and oxygen atoms in total. The number of rotatable bonds is 6. The summed E-state index contributed by atoms with van der Waals surface area (Å²) in [6.07, 6.45) is 8.77. The summed E-state index contributed by atoms with van der Waals surface area (Å²) in [6, 6.07) is 15.6. The summed E-state index contributed by atoms with van der Waals surface area (Å²) in [4.78, 5) is 0. The Morgan fingerprint density at radius 3 is 2.33 bits per heavy atom. The topological polar surface area (TPSA) is 9.23 Å². The molecule has 0 aliphatic heterocycles. The smallest absolute Gasteiger partial charge is 0.167 e. The Hall–Kier alpha value is -3.27. The molecule has 0 bridgehead atoms. The van der Waals surface area contributed by atoms with E-state index in [4.69, 9.17) is 4.74 Å². The van der Waals surface area contributed by atoms with Crippen molar-refractivity contribution in [3.05, 3.63) is 101 Å². The highest BCUT2D eigenvalue weighted by atomic mass is 19.2. The molecule has 3 aromatic carbocycles. The summed E-state index contributed by atoms with van der Waals surface area (Å²) in [6.45, 7) is 2.05. The predicted octanol–water partition coefficient (Wildman–Crippen LogP) is 8.24. The molecule has 0 saturated carbocycles. The second kappa shape index (κ2) is 10.1. The van der Waals surface area contributed by atoms with Crippen LogP contribution in [0.15, 0.2) is 66.7 Å². The zero-order valence-corrected chi connectivity index (χ0v) is 18.9. The van der Waals surface area contributed by atoms with E-state index in [1.807, 2.05) is 36.4 Å². The normalized spacial score (nSPS) is 16.2. The predicted molar refractivity (Wildman–Crippen MR) is 128 cm³/mol. The second-order valence-electron chi connectivity index (χ2n) is 8.35. The molecule has 1 aliphatic carbocycles. The lowest BCUT2D eigenvalue weighted by Crippen LogP contribution is -2.04. The standard InChI is InChI=1S/C29H27F3O/c1-3-19-4-9-22(10-5-19)26-16-14-23(28(31)29(26)32)13-8-20-6-11-21(12-7-20)25-17-15-24(33-2)18-27(25)30/h4-5,8-11,13-18,20H,3,6-7,12H2,1-2H3/b13-8+. The fourth-order valence-corrected chi connectivity index (χ4v) is 4.23. The van der Waals surface area contributed by atoms with E-state index in [-0.39, 0.29) is 22.9 Å². The average Bonchev–Trinajstić information content (AvgIpc) is 2.85. The molecule has 1 unspecified atom stereocenters. The Bertz CT molecular complexity index is 1190. The summed E-state index contributed by atoms with van der Waals surface area (Å²) in [5.41, 5.74) is 3.87. The van der Waals surface area contributed by atoms with E-state index in [0.717, 1.165) is 36.8 Å². The molecule has 0 saturated heterocycles. The van der Waals surface area contributed by atoms with Crippen LogP contribution in [0.1, 0.15) is 42.9 Å². The summed E-state index contributed by atoms with van der Waals surface area (Å²) < 4.78 is 48.9. The number of allylic oxidation sites excluding steroid dienone is 3. The van der Waals surface area contributed by atoms with Crippen molar-refractivity contribution < 1.29 is 17.9 Å². The Morgan fingerprint density at radius 2 is 1.70 bits per heavy atom. The van der Waals surface area contributed by atoms with Crippen molar-refractivity contribution in [2.75, 3.05) is 7.11 Å². The van der Waals surface area contributed by atoms with E-state index in [9.17, 15) is 13.2 Å². The molecule has 4 rings (SSSR count). The number of ether oxygens (including phenoxy) is 1. The number of hydrogen-bond acceptors (Lipinski definition) is 1. The van der Waals surface area contributed by atoms with Crippen molar-refractivity contribution in [1.82, 2.24) is 0 Å². The van der Waals surface area contributed by atoms with Crippen LogP contribution in [0.2, 0.25) is 0 Å². The maximum Gasteiger partial charge on any atom is 0.167 e. The molecule has 0 spiro atoms. The van der Waals surface area contributed by atoms with Crippen molar-refractivity contribution in [1.29, 1.82) is 0 Å². The molecule has 1 atom stereocenters. The van der Waals surface area contributed by atoms with Gasteiger partial charge in [-0.15, -0.1) is 0 Å². The van der Waals surface area contributed by atoms with Gasteiger partial charge in [0.1, 0.15) is 11.6 Å². The van der Waals surface area contributed by atoms with Gasteiger partial charge in [-0.1, -0.05) is 61.5 Å². The van der Waals surface area contributed by atoms with E-state index >= 15 is 0 Å². The molecule has 0 fully saturated rings. The van der Waals surface area contributed by atoms with Gasteiger partial charge in [0.25, 0.3) is 0 Å². The van der Waals surface area contributed by atoms with Crippen LogP contribution in [-0.2, 0) is 6.42 Å². The number of benzene rings is 3. The Kier molecular flexibility index (Phi) is 7.02. The molecule has 4 heteroatoms. The molecular weight excluding hydrogens is 421 g/mol. The van der Waals surface area contributed by atoms with Gasteiger partial charge in [-0.05, 0) is 60.4 Å². The summed E-state index contributed by atoms with van der Waals surface area (Å²) in [5.74, 6) is -1.28. The van der Waals surface area contributed by atoms with Crippen LogP contribution in [0.25, 0.3) is 22.8 Å². The third-order valence-corrected chi connectivity index (χ3v) is 6.31. The first kappa shape index (κ1) is 22.9. The lowest BCUT2D eigenvalue weighted by Gasteiger charge is -2.20. The molecule has 170 valence electrons. The second-order valence-corrected chi connectivity index (χ2v) is 8.35. The van der Waals surface area contributed by atoms with Gasteiger partial charge in [0.2, 0.25) is 0 Å². The van der Waals surface area contributed by atoms with Gasteiger partial charge in [-0.3, -0.25) is 0 Å². The maximum absolute atomic E-state index is 14.8. The number of methoxy groups -OCH3 is 1. The molecule has 0 amide bonds.